The molecule has 1 rings (SSSR count). The Hall–Kier alpha value is -0.870. The second-order valence-corrected chi connectivity index (χ2v) is 3.22. The van der Waals surface area contributed by atoms with Crippen molar-refractivity contribution in [2.75, 3.05) is 19.8 Å². The minimum absolute atomic E-state index is 0.743. The van der Waals surface area contributed by atoms with E-state index in [0.29, 0.717) is 0 Å². The molecule has 0 saturated heterocycles. The van der Waals surface area contributed by atoms with Crippen LogP contribution in [0, 0.1) is 6.92 Å². The molecular weight excluding hydrogens is 180 g/mol. The van der Waals surface area contributed by atoms with Gasteiger partial charge in [-0.1, -0.05) is 12.1 Å². The van der Waals surface area contributed by atoms with Gasteiger partial charge in [-0.25, -0.2) is 0 Å². The van der Waals surface area contributed by atoms with Crippen LogP contribution < -0.4 is 5.32 Å². The molecule has 0 aliphatic carbocycles. The largest absolute Gasteiger partial charge is 0.380 e. The first kappa shape index (κ1) is 11.2. The molecule has 0 aliphatic heterocycles. The lowest BCUT2D eigenvalue weighted by Crippen LogP contribution is -2.19. The second-order valence-electron chi connectivity index (χ2n) is 3.22. The van der Waals surface area contributed by atoms with Gasteiger partial charge in [-0.15, -0.1) is 0 Å². The van der Waals surface area contributed by atoms with Crippen molar-refractivity contribution in [3.8, 4) is 0 Å². The highest BCUT2D eigenvalue weighted by Gasteiger charge is 1.98. The van der Waals surface area contributed by atoms with Crippen molar-refractivity contribution < 1.29 is 9.26 Å². The van der Waals surface area contributed by atoms with Gasteiger partial charge in [-0.3, -0.25) is 0 Å². The summed E-state index contributed by atoms with van der Waals surface area (Å²) in [5, 5.41) is 7.10. The van der Waals surface area contributed by atoms with Crippen molar-refractivity contribution in [1.29, 1.82) is 0 Å². The molecule has 14 heavy (non-hydrogen) atoms. The Morgan fingerprint density at radius 3 is 3.00 bits per heavy atom. The third kappa shape index (κ3) is 4.39. The van der Waals surface area contributed by atoms with Gasteiger partial charge in [-0.05, 0) is 13.3 Å². The Morgan fingerprint density at radius 2 is 2.36 bits per heavy atom. The first-order valence-electron chi connectivity index (χ1n) is 5.03. The highest BCUT2D eigenvalue weighted by Crippen LogP contribution is 1.99. The first-order chi connectivity index (χ1) is 6.83. The molecule has 0 aromatic carbocycles. The van der Waals surface area contributed by atoms with Gasteiger partial charge in [-0.2, -0.15) is 0 Å². The summed E-state index contributed by atoms with van der Waals surface area (Å²) < 4.78 is 10.3. The number of ether oxygens (including phenoxy) is 1. The molecule has 1 aromatic heterocycles. The number of nitrogens with one attached hydrogen (secondary N) is 1. The van der Waals surface area contributed by atoms with Crippen LogP contribution >= 0.6 is 0 Å². The molecule has 0 atom stereocenters. The fourth-order valence-electron chi connectivity index (χ4n) is 1.11. The Kier molecular flexibility index (Phi) is 5.25. The number of hydrogen-bond donors (Lipinski definition) is 1. The third-order valence-electron chi connectivity index (χ3n) is 1.75. The molecule has 0 amide bonds. The summed E-state index contributed by atoms with van der Waals surface area (Å²) in [6, 6.07) is 1.93. The zero-order chi connectivity index (χ0) is 10.2. The van der Waals surface area contributed by atoms with Crippen molar-refractivity contribution in [2.45, 2.75) is 26.8 Å². The van der Waals surface area contributed by atoms with Crippen LogP contribution in [0.2, 0.25) is 0 Å². The van der Waals surface area contributed by atoms with Crippen LogP contribution in [-0.2, 0) is 11.3 Å². The fourth-order valence-corrected chi connectivity index (χ4v) is 1.11. The van der Waals surface area contributed by atoms with E-state index in [9.17, 15) is 0 Å². The van der Waals surface area contributed by atoms with E-state index in [2.05, 4.69) is 17.4 Å². The molecule has 0 saturated carbocycles. The summed E-state index contributed by atoms with van der Waals surface area (Å²) in [5.74, 6) is 0.851. The van der Waals surface area contributed by atoms with E-state index < -0.39 is 0 Å². The maximum absolute atomic E-state index is 5.32. The molecule has 0 aliphatic rings. The number of aromatic nitrogens is 1. The van der Waals surface area contributed by atoms with Crippen molar-refractivity contribution in [3.63, 3.8) is 0 Å². The Balaban J connectivity index is 1.99. The van der Waals surface area contributed by atoms with Crippen molar-refractivity contribution in [1.82, 2.24) is 10.5 Å². The van der Waals surface area contributed by atoms with Gasteiger partial charge in [0, 0.05) is 25.8 Å². The number of rotatable bonds is 7. The zero-order valence-electron chi connectivity index (χ0n) is 8.88. The Bertz CT molecular complexity index is 248. The lowest BCUT2D eigenvalue weighted by molar-refractivity contribution is 0.136. The smallest absolute Gasteiger partial charge is 0.133 e. The second kappa shape index (κ2) is 6.56. The predicted molar refractivity (Wildman–Crippen MR) is 54.1 cm³/mol. The molecular formula is C10H18N2O2. The quantitative estimate of drug-likeness (QED) is 0.674. The van der Waals surface area contributed by atoms with E-state index >= 15 is 0 Å². The van der Waals surface area contributed by atoms with E-state index in [4.69, 9.17) is 9.26 Å². The van der Waals surface area contributed by atoms with Crippen LogP contribution in [0.5, 0.6) is 0 Å². The van der Waals surface area contributed by atoms with Crippen LogP contribution in [0.15, 0.2) is 10.6 Å². The normalized spacial score (nSPS) is 10.7. The Labute approximate surface area is 84.6 Å². The van der Waals surface area contributed by atoms with Crippen LogP contribution in [0.3, 0.4) is 0 Å². The molecule has 80 valence electrons. The summed E-state index contributed by atoms with van der Waals surface area (Å²) in [6.45, 7) is 7.18. The van der Waals surface area contributed by atoms with E-state index in [0.717, 1.165) is 44.2 Å². The predicted octanol–water partition coefficient (Wildman–Crippen LogP) is 1.50. The molecule has 1 heterocycles. The fraction of sp³-hybridized carbons (Fsp3) is 0.700. The lowest BCUT2D eigenvalue weighted by Gasteiger charge is -2.02. The number of nitrogens with zero attached hydrogens (tertiary/aromatic N) is 1. The number of aryl methyl sites for hydroxylation is 1. The molecule has 4 heteroatoms. The monoisotopic (exact) mass is 198 g/mol. The molecule has 4 nitrogen and oxygen atoms in total. The molecule has 0 unspecified atom stereocenters. The van der Waals surface area contributed by atoms with Gasteiger partial charge in [0.2, 0.25) is 0 Å². The maximum atomic E-state index is 5.32. The molecule has 1 N–H and O–H groups in total. The van der Waals surface area contributed by atoms with Gasteiger partial charge in [0.25, 0.3) is 0 Å². The van der Waals surface area contributed by atoms with E-state index in [1.54, 1.807) is 0 Å². The lowest BCUT2D eigenvalue weighted by atomic mass is 10.4. The minimum atomic E-state index is 0.743. The van der Waals surface area contributed by atoms with E-state index in [1.165, 1.54) is 0 Å². The summed E-state index contributed by atoms with van der Waals surface area (Å²) in [5.41, 5.74) is 0.943. The molecule has 0 spiro atoms. The zero-order valence-corrected chi connectivity index (χ0v) is 8.88. The van der Waals surface area contributed by atoms with E-state index in [-0.39, 0.29) is 0 Å². The third-order valence-corrected chi connectivity index (χ3v) is 1.75. The van der Waals surface area contributed by atoms with Crippen LogP contribution in [0.1, 0.15) is 24.8 Å². The highest BCUT2D eigenvalue weighted by atomic mass is 16.5. The van der Waals surface area contributed by atoms with Crippen LogP contribution in [-0.4, -0.2) is 24.9 Å². The van der Waals surface area contributed by atoms with Gasteiger partial charge in [0.15, 0.2) is 0 Å². The maximum Gasteiger partial charge on any atom is 0.133 e. The van der Waals surface area contributed by atoms with Gasteiger partial charge in [0.1, 0.15) is 5.76 Å². The standard InChI is InChI=1S/C10H18N2O2/c1-3-5-13-6-4-11-8-10-7-9(2)14-12-10/h7,11H,3-6,8H2,1-2H3. The van der Waals surface area contributed by atoms with Crippen molar-refractivity contribution in [3.05, 3.63) is 17.5 Å². The van der Waals surface area contributed by atoms with Crippen LogP contribution in [0.4, 0.5) is 0 Å². The van der Waals surface area contributed by atoms with Crippen LogP contribution in [0.25, 0.3) is 0 Å². The number of hydrogen-bond acceptors (Lipinski definition) is 4. The Morgan fingerprint density at radius 1 is 1.50 bits per heavy atom. The first-order valence-corrected chi connectivity index (χ1v) is 5.03. The molecule has 0 radical (unpaired) electrons. The minimum Gasteiger partial charge on any atom is -0.380 e. The summed E-state index contributed by atoms with van der Waals surface area (Å²) in [4.78, 5) is 0. The molecule has 0 fully saturated rings. The topological polar surface area (TPSA) is 47.3 Å². The van der Waals surface area contributed by atoms with Gasteiger partial charge >= 0.3 is 0 Å². The summed E-state index contributed by atoms with van der Waals surface area (Å²) in [6.07, 6.45) is 1.07. The highest BCUT2D eigenvalue weighted by molar-refractivity contribution is 5.02. The summed E-state index contributed by atoms with van der Waals surface area (Å²) in [7, 11) is 0. The van der Waals surface area contributed by atoms with E-state index in [1.807, 2.05) is 13.0 Å². The van der Waals surface area contributed by atoms with Gasteiger partial charge in [0.05, 0.1) is 12.3 Å². The average Bonchev–Trinajstić information content (AvgIpc) is 2.58. The van der Waals surface area contributed by atoms with Crippen molar-refractivity contribution in [2.24, 2.45) is 0 Å². The average molecular weight is 198 g/mol. The molecule has 0 bridgehead atoms. The van der Waals surface area contributed by atoms with Gasteiger partial charge < -0.3 is 14.6 Å². The molecule has 1 aromatic rings. The summed E-state index contributed by atoms with van der Waals surface area (Å²) >= 11 is 0. The SMILES string of the molecule is CCCOCCNCc1cc(C)on1. The van der Waals surface area contributed by atoms with Crippen molar-refractivity contribution >= 4 is 0 Å².